The molecule has 2 atom stereocenters. The lowest BCUT2D eigenvalue weighted by Crippen LogP contribution is -2.47. The molecule has 2 fully saturated rings. The monoisotopic (exact) mass is 384 g/mol. The van der Waals surface area contributed by atoms with Crippen molar-refractivity contribution in [1.29, 1.82) is 0 Å². The highest BCUT2D eigenvalue weighted by molar-refractivity contribution is 5.92. The van der Waals surface area contributed by atoms with E-state index >= 15 is 0 Å². The van der Waals surface area contributed by atoms with Crippen LogP contribution in [0.4, 0.5) is 0 Å². The third-order valence-corrected chi connectivity index (χ3v) is 5.92. The number of likely N-dealkylation sites (N-methyl/N-ethyl adjacent to an activating group) is 1. The SMILES string of the molecule is CN1CCN(C[C@@H]2CN(C(=O)c3cn(-c4ccccc4)nn3)C[C@@H]2CO)CC1. The van der Waals surface area contributed by atoms with E-state index in [0.29, 0.717) is 24.7 Å². The molecule has 2 aliphatic rings. The van der Waals surface area contributed by atoms with Gasteiger partial charge in [0.1, 0.15) is 0 Å². The van der Waals surface area contributed by atoms with E-state index < -0.39 is 0 Å². The molecule has 0 unspecified atom stereocenters. The molecular weight excluding hydrogens is 356 g/mol. The molecule has 1 N–H and O–H groups in total. The van der Waals surface area contributed by atoms with Crippen LogP contribution >= 0.6 is 0 Å². The number of para-hydroxylation sites is 1. The molecule has 4 rings (SSSR count). The summed E-state index contributed by atoms with van der Waals surface area (Å²) in [5.41, 5.74) is 1.22. The van der Waals surface area contributed by atoms with Gasteiger partial charge in [-0.2, -0.15) is 0 Å². The van der Waals surface area contributed by atoms with Crippen molar-refractivity contribution in [3.8, 4) is 5.69 Å². The first kappa shape index (κ1) is 19.0. The number of hydrogen-bond donors (Lipinski definition) is 1. The minimum Gasteiger partial charge on any atom is -0.396 e. The fourth-order valence-corrected chi connectivity index (χ4v) is 4.11. The number of rotatable bonds is 5. The standard InChI is InChI=1S/C20H28N6O2/c1-23-7-9-24(10-8-23)11-16-12-25(13-17(16)15-27)20(28)19-14-26(22-21-19)18-5-3-2-4-6-18/h2-6,14,16-17,27H,7-13,15H2,1H3/t16-,17-/m1/s1. The predicted octanol–water partition coefficient (Wildman–Crippen LogP) is 0.195. The van der Waals surface area contributed by atoms with E-state index in [1.807, 2.05) is 35.2 Å². The van der Waals surface area contributed by atoms with Crippen LogP contribution in [0, 0.1) is 11.8 Å². The lowest BCUT2D eigenvalue weighted by atomic mass is 9.96. The fraction of sp³-hybridized carbons (Fsp3) is 0.550. The van der Waals surface area contributed by atoms with Gasteiger partial charge in [-0.3, -0.25) is 4.79 Å². The molecule has 8 nitrogen and oxygen atoms in total. The van der Waals surface area contributed by atoms with E-state index in [1.165, 1.54) is 0 Å². The number of carbonyl (C=O) groups excluding carboxylic acids is 1. The van der Waals surface area contributed by atoms with Crippen LogP contribution in [0.3, 0.4) is 0 Å². The van der Waals surface area contributed by atoms with E-state index in [9.17, 15) is 9.90 Å². The van der Waals surface area contributed by atoms with E-state index in [1.54, 1.807) is 10.9 Å². The second-order valence-electron chi connectivity index (χ2n) is 7.90. The van der Waals surface area contributed by atoms with Gasteiger partial charge in [-0.25, -0.2) is 4.68 Å². The summed E-state index contributed by atoms with van der Waals surface area (Å²) in [5, 5.41) is 18.0. The van der Waals surface area contributed by atoms with Crippen LogP contribution in [0.2, 0.25) is 0 Å². The highest BCUT2D eigenvalue weighted by atomic mass is 16.3. The first-order valence-electron chi connectivity index (χ1n) is 9.93. The number of nitrogens with zero attached hydrogens (tertiary/aromatic N) is 6. The fourth-order valence-electron chi connectivity index (χ4n) is 4.11. The summed E-state index contributed by atoms with van der Waals surface area (Å²) in [7, 11) is 2.15. The molecule has 1 amide bonds. The second-order valence-corrected chi connectivity index (χ2v) is 7.90. The second kappa shape index (κ2) is 8.38. The summed E-state index contributed by atoms with van der Waals surface area (Å²) in [5.74, 6) is 0.302. The Kier molecular flexibility index (Phi) is 5.70. The van der Waals surface area contributed by atoms with Crippen molar-refractivity contribution in [2.24, 2.45) is 11.8 Å². The number of carbonyl (C=O) groups is 1. The highest BCUT2D eigenvalue weighted by Crippen LogP contribution is 2.26. The van der Waals surface area contributed by atoms with Crippen molar-refractivity contribution in [2.45, 2.75) is 0 Å². The molecule has 2 aromatic rings. The largest absolute Gasteiger partial charge is 0.396 e. The first-order chi connectivity index (χ1) is 13.6. The van der Waals surface area contributed by atoms with Gasteiger partial charge in [0.05, 0.1) is 11.9 Å². The molecule has 0 radical (unpaired) electrons. The predicted molar refractivity (Wildman–Crippen MR) is 105 cm³/mol. The smallest absolute Gasteiger partial charge is 0.276 e. The van der Waals surface area contributed by atoms with Gasteiger partial charge < -0.3 is 19.8 Å². The summed E-state index contributed by atoms with van der Waals surface area (Å²) in [6, 6.07) is 9.63. The van der Waals surface area contributed by atoms with Gasteiger partial charge in [-0.1, -0.05) is 23.4 Å². The molecule has 1 aromatic heterocycles. The summed E-state index contributed by atoms with van der Waals surface area (Å²) in [6.07, 6.45) is 1.68. The topological polar surface area (TPSA) is 77.7 Å². The van der Waals surface area contributed by atoms with Crippen molar-refractivity contribution in [1.82, 2.24) is 29.7 Å². The van der Waals surface area contributed by atoms with Crippen LogP contribution in [-0.2, 0) is 0 Å². The molecule has 1 aromatic carbocycles. The molecular formula is C20H28N6O2. The Bertz CT molecular complexity index is 787. The van der Waals surface area contributed by atoms with Crippen molar-refractivity contribution in [3.63, 3.8) is 0 Å². The van der Waals surface area contributed by atoms with Crippen LogP contribution in [-0.4, -0.2) is 100 Å². The van der Waals surface area contributed by atoms with Gasteiger partial charge in [-0.05, 0) is 25.1 Å². The molecule has 2 aliphatic heterocycles. The Balaban J connectivity index is 1.40. The zero-order valence-corrected chi connectivity index (χ0v) is 16.3. The lowest BCUT2D eigenvalue weighted by Gasteiger charge is -2.34. The van der Waals surface area contributed by atoms with Gasteiger partial charge in [0.15, 0.2) is 5.69 Å². The number of benzene rings is 1. The van der Waals surface area contributed by atoms with Gasteiger partial charge in [0.25, 0.3) is 5.91 Å². The summed E-state index contributed by atoms with van der Waals surface area (Å²) >= 11 is 0. The van der Waals surface area contributed by atoms with Crippen LogP contribution in [0.1, 0.15) is 10.5 Å². The van der Waals surface area contributed by atoms with E-state index in [4.69, 9.17) is 0 Å². The lowest BCUT2D eigenvalue weighted by molar-refractivity contribution is 0.0771. The Morgan fingerprint density at radius 2 is 1.82 bits per heavy atom. The van der Waals surface area contributed by atoms with E-state index in [-0.39, 0.29) is 18.4 Å². The molecule has 0 saturated carbocycles. The molecule has 2 saturated heterocycles. The highest BCUT2D eigenvalue weighted by Gasteiger charge is 2.37. The molecule has 0 bridgehead atoms. The maximum absolute atomic E-state index is 12.9. The molecule has 150 valence electrons. The number of aromatic nitrogens is 3. The quantitative estimate of drug-likeness (QED) is 0.793. The minimum absolute atomic E-state index is 0.110. The minimum atomic E-state index is -0.110. The van der Waals surface area contributed by atoms with Crippen molar-refractivity contribution in [2.75, 3.05) is 59.5 Å². The maximum atomic E-state index is 12.9. The van der Waals surface area contributed by atoms with Gasteiger partial charge >= 0.3 is 0 Å². The average Bonchev–Trinajstić information content (AvgIpc) is 3.37. The molecule has 28 heavy (non-hydrogen) atoms. The Morgan fingerprint density at radius 3 is 2.54 bits per heavy atom. The van der Waals surface area contributed by atoms with Crippen molar-refractivity contribution >= 4 is 5.91 Å². The Morgan fingerprint density at radius 1 is 1.11 bits per heavy atom. The Labute approximate surface area is 165 Å². The van der Waals surface area contributed by atoms with Gasteiger partial charge in [0.2, 0.25) is 0 Å². The summed E-state index contributed by atoms with van der Waals surface area (Å²) in [6.45, 7) is 6.51. The number of likely N-dealkylation sites (tertiary alicyclic amines) is 1. The van der Waals surface area contributed by atoms with Crippen molar-refractivity contribution in [3.05, 3.63) is 42.2 Å². The van der Waals surface area contributed by atoms with Gasteiger partial charge in [-0.15, -0.1) is 5.10 Å². The third-order valence-electron chi connectivity index (χ3n) is 5.92. The number of aliphatic hydroxyl groups excluding tert-OH is 1. The first-order valence-corrected chi connectivity index (χ1v) is 9.93. The van der Waals surface area contributed by atoms with Crippen LogP contribution in [0.5, 0.6) is 0 Å². The number of aliphatic hydroxyl groups is 1. The molecule has 0 spiro atoms. The molecule has 8 heteroatoms. The van der Waals surface area contributed by atoms with Gasteiger partial charge in [0, 0.05) is 58.3 Å². The summed E-state index contributed by atoms with van der Waals surface area (Å²) in [4.78, 5) is 19.5. The Hall–Kier alpha value is -2.29. The third kappa shape index (κ3) is 4.09. The van der Waals surface area contributed by atoms with Crippen LogP contribution in [0.25, 0.3) is 5.69 Å². The zero-order chi connectivity index (χ0) is 19.5. The molecule has 3 heterocycles. The molecule has 0 aliphatic carbocycles. The number of piperazine rings is 1. The number of hydrogen-bond acceptors (Lipinski definition) is 6. The van der Waals surface area contributed by atoms with E-state index in [0.717, 1.165) is 38.4 Å². The van der Waals surface area contributed by atoms with Crippen molar-refractivity contribution < 1.29 is 9.90 Å². The van der Waals surface area contributed by atoms with Crippen LogP contribution < -0.4 is 0 Å². The van der Waals surface area contributed by atoms with Crippen LogP contribution in [0.15, 0.2) is 36.5 Å². The van der Waals surface area contributed by atoms with E-state index in [2.05, 4.69) is 27.2 Å². The maximum Gasteiger partial charge on any atom is 0.276 e. The number of amides is 1. The zero-order valence-electron chi connectivity index (χ0n) is 16.3. The summed E-state index contributed by atoms with van der Waals surface area (Å²) < 4.78 is 1.62. The normalized spacial score (nSPS) is 24.0. The average molecular weight is 384 g/mol.